The molecule has 7 heteroatoms. The zero-order valence-corrected chi connectivity index (χ0v) is 17.9. The molecule has 0 bridgehead atoms. The molecule has 1 amide bonds. The number of carbonyl (C=O) groups is 2. The molecule has 0 saturated carbocycles. The van der Waals surface area contributed by atoms with Crippen LogP contribution in [0.15, 0.2) is 36.4 Å². The van der Waals surface area contributed by atoms with E-state index >= 15 is 0 Å². The lowest BCUT2D eigenvalue weighted by atomic mass is 10.0. The van der Waals surface area contributed by atoms with Gasteiger partial charge < -0.3 is 24.3 Å². The average molecular weight is 415 g/mol. The summed E-state index contributed by atoms with van der Waals surface area (Å²) in [6.07, 6.45) is 1.84. The molecule has 7 nitrogen and oxygen atoms in total. The number of para-hydroxylation sites is 2. The normalized spacial score (nSPS) is 10.3. The Hall–Kier alpha value is -3.22. The van der Waals surface area contributed by atoms with Gasteiger partial charge in [0.05, 0.1) is 28.4 Å². The number of nitrogens with one attached hydrogen (secondary N) is 1. The van der Waals surface area contributed by atoms with Crippen LogP contribution < -0.4 is 24.3 Å². The van der Waals surface area contributed by atoms with E-state index in [0.717, 1.165) is 11.1 Å². The summed E-state index contributed by atoms with van der Waals surface area (Å²) in [7, 11) is 6.30. The Labute approximate surface area is 177 Å². The predicted molar refractivity (Wildman–Crippen MR) is 114 cm³/mol. The van der Waals surface area contributed by atoms with Gasteiger partial charge in [-0.25, -0.2) is 0 Å². The molecule has 0 radical (unpaired) electrons. The predicted octanol–water partition coefficient (Wildman–Crippen LogP) is 2.97. The third kappa shape index (κ3) is 5.89. The van der Waals surface area contributed by atoms with Crippen LogP contribution in [0.5, 0.6) is 23.0 Å². The van der Waals surface area contributed by atoms with Crippen molar-refractivity contribution >= 4 is 11.7 Å². The number of methoxy groups -OCH3 is 4. The summed E-state index contributed by atoms with van der Waals surface area (Å²) in [5, 5.41) is 2.68. The molecule has 0 aliphatic rings. The van der Waals surface area contributed by atoms with E-state index in [-0.39, 0.29) is 6.42 Å². The van der Waals surface area contributed by atoms with Gasteiger partial charge in [-0.2, -0.15) is 0 Å². The standard InChI is InChI=1S/C23H29NO6/c1-27-19-12-6-9-16(21(19)29-3)8-5-11-18(25)23(26)24-15-14-17-10-7-13-20(28-2)22(17)30-4/h6-7,9-10,12-13H,5,8,11,14-15H2,1-4H3,(H,24,26). The number of rotatable bonds is 12. The van der Waals surface area contributed by atoms with E-state index in [2.05, 4.69) is 5.32 Å². The molecule has 0 atom stereocenters. The van der Waals surface area contributed by atoms with Crippen LogP contribution in [-0.4, -0.2) is 46.7 Å². The van der Waals surface area contributed by atoms with Gasteiger partial charge in [-0.05, 0) is 42.5 Å². The summed E-state index contributed by atoms with van der Waals surface area (Å²) in [6.45, 7) is 0.331. The zero-order valence-electron chi connectivity index (χ0n) is 17.9. The number of aryl methyl sites for hydroxylation is 1. The molecular weight excluding hydrogens is 386 g/mol. The van der Waals surface area contributed by atoms with Crippen LogP contribution in [0.1, 0.15) is 24.0 Å². The van der Waals surface area contributed by atoms with Crippen LogP contribution >= 0.6 is 0 Å². The van der Waals surface area contributed by atoms with E-state index in [1.807, 2.05) is 36.4 Å². The highest BCUT2D eigenvalue weighted by atomic mass is 16.5. The summed E-state index contributed by atoms with van der Waals surface area (Å²) < 4.78 is 21.3. The first-order valence-electron chi connectivity index (χ1n) is 9.76. The van der Waals surface area contributed by atoms with Gasteiger partial charge >= 0.3 is 0 Å². The highest BCUT2D eigenvalue weighted by Crippen LogP contribution is 2.32. The third-order valence-corrected chi connectivity index (χ3v) is 4.75. The molecule has 0 spiro atoms. The summed E-state index contributed by atoms with van der Waals surface area (Å²) in [6, 6.07) is 11.2. The van der Waals surface area contributed by atoms with Crippen molar-refractivity contribution in [2.75, 3.05) is 35.0 Å². The minimum absolute atomic E-state index is 0.161. The molecule has 0 aromatic heterocycles. The van der Waals surface area contributed by atoms with Crippen LogP contribution in [0.3, 0.4) is 0 Å². The van der Waals surface area contributed by atoms with Crippen LogP contribution in [0.25, 0.3) is 0 Å². The number of ketones is 1. The molecule has 2 aromatic rings. The highest BCUT2D eigenvalue weighted by molar-refractivity contribution is 6.36. The van der Waals surface area contributed by atoms with Gasteiger partial charge in [-0.15, -0.1) is 0 Å². The number of Topliss-reactive ketones (excluding diaryl/α,β-unsaturated/α-hetero) is 1. The summed E-state index contributed by atoms with van der Waals surface area (Å²) >= 11 is 0. The smallest absolute Gasteiger partial charge is 0.287 e. The summed E-state index contributed by atoms with van der Waals surface area (Å²) in [5.41, 5.74) is 1.84. The van der Waals surface area contributed by atoms with Gasteiger partial charge in [0.1, 0.15) is 0 Å². The monoisotopic (exact) mass is 415 g/mol. The van der Waals surface area contributed by atoms with Crippen molar-refractivity contribution in [1.29, 1.82) is 0 Å². The molecule has 0 fully saturated rings. The van der Waals surface area contributed by atoms with Crippen molar-refractivity contribution in [3.63, 3.8) is 0 Å². The van der Waals surface area contributed by atoms with Crippen LogP contribution in [0, 0.1) is 0 Å². The fourth-order valence-corrected chi connectivity index (χ4v) is 3.26. The fraction of sp³-hybridized carbons (Fsp3) is 0.391. The SMILES string of the molecule is COc1cccc(CCCC(=O)C(=O)NCCc2cccc(OC)c2OC)c1OC. The maximum Gasteiger partial charge on any atom is 0.287 e. The first-order valence-corrected chi connectivity index (χ1v) is 9.76. The number of hydrogen-bond donors (Lipinski definition) is 1. The second kappa shape index (κ2) is 11.7. The van der Waals surface area contributed by atoms with E-state index < -0.39 is 11.7 Å². The minimum Gasteiger partial charge on any atom is -0.493 e. The van der Waals surface area contributed by atoms with Crippen LogP contribution in [0.2, 0.25) is 0 Å². The first kappa shape index (κ1) is 23.1. The molecule has 30 heavy (non-hydrogen) atoms. The molecular formula is C23H29NO6. The molecule has 0 saturated heterocycles. The average Bonchev–Trinajstić information content (AvgIpc) is 2.78. The van der Waals surface area contributed by atoms with Gasteiger partial charge in [0.25, 0.3) is 5.91 Å². The van der Waals surface area contributed by atoms with Crippen molar-refractivity contribution in [2.45, 2.75) is 25.7 Å². The van der Waals surface area contributed by atoms with E-state index in [1.165, 1.54) is 0 Å². The van der Waals surface area contributed by atoms with Crippen LogP contribution in [-0.2, 0) is 22.4 Å². The lowest BCUT2D eigenvalue weighted by Gasteiger charge is -2.13. The van der Waals surface area contributed by atoms with E-state index in [0.29, 0.717) is 48.8 Å². The van der Waals surface area contributed by atoms with Crippen molar-refractivity contribution in [1.82, 2.24) is 5.32 Å². The second-order valence-electron chi connectivity index (χ2n) is 6.59. The lowest BCUT2D eigenvalue weighted by Crippen LogP contribution is -2.32. The number of hydrogen-bond acceptors (Lipinski definition) is 6. The molecule has 0 aliphatic carbocycles. The Kier molecular flexibility index (Phi) is 9.00. The molecule has 162 valence electrons. The topological polar surface area (TPSA) is 83.1 Å². The second-order valence-corrected chi connectivity index (χ2v) is 6.59. The van der Waals surface area contributed by atoms with Gasteiger partial charge in [0.2, 0.25) is 5.78 Å². The quantitative estimate of drug-likeness (QED) is 0.537. The summed E-state index contributed by atoms with van der Waals surface area (Å²) in [4.78, 5) is 24.3. The van der Waals surface area contributed by atoms with Gasteiger partial charge in [0, 0.05) is 13.0 Å². The Balaban J connectivity index is 1.82. The Morgan fingerprint density at radius 3 is 1.80 bits per heavy atom. The van der Waals surface area contributed by atoms with E-state index in [1.54, 1.807) is 28.4 Å². The molecule has 0 unspecified atom stereocenters. The minimum atomic E-state index is -0.575. The Morgan fingerprint density at radius 2 is 1.30 bits per heavy atom. The van der Waals surface area contributed by atoms with Crippen molar-refractivity contribution in [3.05, 3.63) is 47.5 Å². The van der Waals surface area contributed by atoms with Crippen molar-refractivity contribution in [3.8, 4) is 23.0 Å². The van der Waals surface area contributed by atoms with E-state index in [4.69, 9.17) is 18.9 Å². The largest absolute Gasteiger partial charge is 0.493 e. The highest BCUT2D eigenvalue weighted by Gasteiger charge is 2.15. The third-order valence-electron chi connectivity index (χ3n) is 4.75. The zero-order chi connectivity index (χ0) is 21.9. The van der Waals surface area contributed by atoms with Crippen molar-refractivity contribution < 1.29 is 28.5 Å². The van der Waals surface area contributed by atoms with E-state index in [9.17, 15) is 9.59 Å². The number of benzene rings is 2. The van der Waals surface area contributed by atoms with Gasteiger partial charge in [-0.1, -0.05) is 24.3 Å². The first-order chi connectivity index (χ1) is 14.5. The Morgan fingerprint density at radius 1 is 0.767 bits per heavy atom. The molecule has 0 aliphatic heterocycles. The Bertz CT molecular complexity index is 793. The maximum absolute atomic E-state index is 12.2. The number of carbonyl (C=O) groups excluding carboxylic acids is 2. The molecule has 0 heterocycles. The van der Waals surface area contributed by atoms with Gasteiger partial charge in [0.15, 0.2) is 23.0 Å². The maximum atomic E-state index is 12.2. The van der Waals surface area contributed by atoms with Crippen molar-refractivity contribution in [2.24, 2.45) is 0 Å². The summed E-state index contributed by atoms with van der Waals surface area (Å²) in [5.74, 6) is 1.55. The fourth-order valence-electron chi connectivity index (χ4n) is 3.26. The lowest BCUT2D eigenvalue weighted by molar-refractivity contribution is -0.137. The molecule has 2 rings (SSSR count). The molecule has 2 aromatic carbocycles. The number of amides is 1. The van der Waals surface area contributed by atoms with Crippen LogP contribution in [0.4, 0.5) is 0 Å². The van der Waals surface area contributed by atoms with Gasteiger partial charge in [-0.3, -0.25) is 9.59 Å². The number of ether oxygens (including phenoxy) is 4. The molecule has 1 N–H and O–H groups in total.